The number of ether oxygens (including phenoxy) is 1. The molecule has 0 bridgehead atoms. The lowest BCUT2D eigenvalue weighted by atomic mass is 9.80. The van der Waals surface area contributed by atoms with Gasteiger partial charge in [-0.25, -0.2) is 9.78 Å². The molecule has 0 saturated carbocycles. The van der Waals surface area contributed by atoms with Crippen LogP contribution in [0.3, 0.4) is 0 Å². The van der Waals surface area contributed by atoms with Crippen molar-refractivity contribution in [3.8, 4) is 0 Å². The number of rotatable bonds is 3. The van der Waals surface area contributed by atoms with Crippen molar-refractivity contribution in [2.75, 3.05) is 12.8 Å². The van der Waals surface area contributed by atoms with Crippen LogP contribution in [0.5, 0.6) is 0 Å². The molecule has 1 aromatic heterocycles. The van der Waals surface area contributed by atoms with Crippen molar-refractivity contribution in [2.24, 2.45) is 11.3 Å². The molecule has 0 amide bonds. The maximum Gasteiger partial charge on any atom is 0.359 e. The molecule has 0 aliphatic rings. The number of methoxy groups -OCH3 is 1. The average molecular weight is 256 g/mol. The first-order valence-electron chi connectivity index (χ1n) is 5.59. The number of anilines is 1. The first kappa shape index (κ1) is 14.0. The van der Waals surface area contributed by atoms with E-state index in [0.717, 1.165) is 11.4 Å². The van der Waals surface area contributed by atoms with Gasteiger partial charge in [0, 0.05) is 6.42 Å². The summed E-state index contributed by atoms with van der Waals surface area (Å²) in [5, 5.41) is 1.33. The van der Waals surface area contributed by atoms with E-state index in [2.05, 4.69) is 37.4 Å². The van der Waals surface area contributed by atoms with Crippen molar-refractivity contribution in [3.63, 3.8) is 0 Å². The zero-order chi connectivity index (χ0) is 13.2. The van der Waals surface area contributed by atoms with Gasteiger partial charge in [0.05, 0.1) is 12.1 Å². The molecule has 0 aliphatic carbocycles. The zero-order valence-corrected chi connectivity index (χ0v) is 11.9. The lowest BCUT2D eigenvalue weighted by Gasteiger charge is -2.26. The van der Waals surface area contributed by atoms with E-state index in [1.54, 1.807) is 0 Å². The van der Waals surface area contributed by atoms with Crippen molar-refractivity contribution in [3.05, 3.63) is 10.7 Å². The lowest BCUT2D eigenvalue weighted by molar-refractivity contribution is 0.0596. The van der Waals surface area contributed by atoms with Crippen LogP contribution in [0.25, 0.3) is 0 Å². The van der Waals surface area contributed by atoms with E-state index < -0.39 is 5.97 Å². The highest BCUT2D eigenvalue weighted by Crippen LogP contribution is 2.31. The molecular weight excluding hydrogens is 236 g/mol. The van der Waals surface area contributed by atoms with E-state index in [1.165, 1.54) is 18.4 Å². The lowest BCUT2D eigenvalue weighted by Crippen LogP contribution is -2.19. The van der Waals surface area contributed by atoms with E-state index in [4.69, 9.17) is 5.73 Å². The molecule has 0 aliphatic heterocycles. The minimum Gasteiger partial charge on any atom is -0.464 e. The van der Waals surface area contributed by atoms with Gasteiger partial charge < -0.3 is 10.5 Å². The highest BCUT2D eigenvalue weighted by molar-refractivity contribution is 7.15. The van der Waals surface area contributed by atoms with Crippen molar-refractivity contribution in [1.82, 2.24) is 4.98 Å². The number of carbonyl (C=O) groups is 1. The Bertz CT molecular complexity index is 407. The largest absolute Gasteiger partial charge is 0.464 e. The number of thiazole rings is 1. The van der Waals surface area contributed by atoms with E-state index in [0.29, 0.717) is 10.9 Å². The Kier molecular flexibility index (Phi) is 4.14. The fraction of sp³-hybridized carbons (Fsp3) is 0.667. The van der Waals surface area contributed by atoms with Gasteiger partial charge in [-0.3, -0.25) is 0 Å². The molecule has 0 saturated heterocycles. The minimum absolute atomic E-state index is 0.214. The molecule has 0 fully saturated rings. The molecule has 1 atom stereocenters. The Morgan fingerprint density at radius 1 is 1.53 bits per heavy atom. The third-order valence-corrected chi connectivity index (χ3v) is 3.94. The summed E-state index contributed by atoms with van der Waals surface area (Å²) in [7, 11) is 1.33. The van der Waals surface area contributed by atoms with Gasteiger partial charge in [-0.2, -0.15) is 0 Å². The van der Waals surface area contributed by atoms with Gasteiger partial charge in [0.2, 0.25) is 0 Å². The standard InChI is InChI=1S/C12H20N2O2S/c1-7(12(2,3)4)6-8-14-9(10(13)17-8)11(15)16-5/h7H,6,13H2,1-5H3. The summed E-state index contributed by atoms with van der Waals surface area (Å²) in [6.07, 6.45) is 0.829. The molecule has 0 spiro atoms. The normalized spacial score (nSPS) is 13.5. The second-order valence-corrected chi connectivity index (χ2v) is 6.40. The number of esters is 1. The molecule has 4 nitrogen and oxygen atoms in total. The van der Waals surface area contributed by atoms with Crippen LogP contribution in [0.4, 0.5) is 5.00 Å². The maximum atomic E-state index is 11.4. The Morgan fingerprint density at radius 2 is 2.12 bits per heavy atom. The van der Waals surface area contributed by atoms with E-state index in [1.807, 2.05) is 0 Å². The number of nitrogens with zero attached hydrogens (tertiary/aromatic N) is 1. The van der Waals surface area contributed by atoms with Crippen molar-refractivity contribution in [1.29, 1.82) is 0 Å². The summed E-state index contributed by atoms with van der Waals surface area (Å²) in [6, 6.07) is 0. The summed E-state index contributed by atoms with van der Waals surface area (Å²) in [5.74, 6) is 0.00644. The Labute approximate surface area is 106 Å². The van der Waals surface area contributed by atoms with Crippen LogP contribution in [-0.2, 0) is 11.2 Å². The Morgan fingerprint density at radius 3 is 2.59 bits per heavy atom. The molecule has 5 heteroatoms. The second-order valence-electron chi connectivity index (χ2n) is 5.28. The predicted molar refractivity (Wildman–Crippen MR) is 70.2 cm³/mol. The van der Waals surface area contributed by atoms with Crippen LogP contribution in [0.15, 0.2) is 0 Å². The van der Waals surface area contributed by atoms with E-state index >= 15 is 0 Å². The Hall–Kier alpha value is -1.10. The number of nitrogen functional groups attached to an aromatic ring is 1. The molecule has 2 N–H and O–H groups in total. The first-order chi connectivity index (χ1) is 7.75. The van der Waals surface area contributed by atoms with Crippen LogP contribution in [0, 0.1) is 11.3 Å². The van der Waals surface area contributed by atoms with Crippen molar-refractivity contribution < 1.29 is 9.53 Å². The topological polar surface area (TPSA) is 65.2 Å². The summed E-state index contributed by atoms with van der Waals surface area (Å²) < 4.78 is 4.63. The molecule has 0 radical (unpaired) electrons. The molecule has 1 unspecified atom stereocenters. The SMILES string of the molecule is COC(=O)c1nc(CC(C)C(C)(C)C)sc1N. The maximum absolute atomic E-state index is 11.4. The van der Waals surface area contributed by atoms with Crippen LogP contribution in [0.2, 0.25) is 0 Å². The summed E-state index contributed by atoms with van der Waals surface area (Å²) in [5.41, 5.74) is 6.22. The molecule has 1 heterocycles. The van der Waals surface area contributed by atoms with Gasteiger partial charge in [-0.05, 0) is 11.3 Å². The molecule has 96 valence electrons. The number of carbonyl (C=O) groups excluding carboxylic acids is 1. The first-order valence-corrected chi connectivity index (χ1v) is 6.40. The van der Waals surface area contributed by atoms with Gasteiger partial charge >= 0.3 is 5.97 Å². The Balaban J connectivity index is 2.84. The van der Waals surface area contributed by atoms with Crippen molar-refractivity contribution in [2.45, 2.75) is 34.1 Å². The number of hydrogen-bond donors (Lipinski definition) is 1. The fourth-order valence-electron chi connectivity index (χ4n) is 1.28. The molecular formula is C12H20N2O2S. The second kappa shape index (κ2) is 5.04. The third kappa shape index (κ3) is 3.43. The molecule has 1 rings (SSSR count). The van der Waals surface area contributed by atoms with Gasteiger partial charge in [0.25, 0.3) is 0 Å². The minimum atomic E-state index is -0.464. The van der Waals surface area contributed by atoms with Crippen LogP contribution >= 0.6 is 11.3 Å². The predicted octanol–water partition coefficient (Wildman–Crippen LogP) is 2.74. The van der Waals surface area contributed by atoms with E-state index in [-0.39, 0.29) is 11.1 Å². The zero-order valence-electron chi connectivity index (χ0n) is 11.0. The highest BCUT2D eigenvalue weighted by Gasteiger charge is 2.23. The van der Waals surface area contributed by atoms with Crippen molar-refractivity contribution >= 4 is 22.3 Å². The molecule has 17 heavy (non-hydrogen) atoms. The monoisotopic (exact) mass is 256 g/mol. The number of aromatic nitrogens is 1. The smallest absolute Gasteiger partial charge is 0.359 e. The summed E-state index contributed by atoms with van der Waals surface area (Å²) in [4.78, 5) is 15.6. The molecule has 1 aromatic rings. The van der Waals surface area contributed by atoms with Gasteiger partial charge in [-0.1, -0.05) is 27.7 Å². The van der Waals surface area contributed by atoms with E-state index in [9.17, 15) is 4.79 Å². The van der Waals surface area contributed by atoms with Gasteiger partial charge in [0.15, 0.2) is 5.69 Å². The number of nitrogens with two attached hydrogens (primary N) is 1. The van der Waals surface area contributed by atoms with Crippen LogP contribution in [0.1, 0.15) is 43.2 Å². The van der Waals surface area contributed by atoms with Crippen LogP contribution < -0.4 is 5.73 Å². The highest BCUT2D eigenvalue weighted by atomic mass is 32.1. The molecule has 0 aromatic carbocycles. The number of hydrogen-bond acceptors (Lipinski definition) is 5. The third-order valence-electron chi connectivity index (χ3n) is 3.04. The fourth-order valence-corrected chi connectivity index (χ4v) is 2.23. The van der Waals surface area contributed by atoms with Gasteiger partial charge in [-0.15, -0.1) is 11.3 Å². The summed E-state index contributed by atoms with van der Waals surface area (Å²) >= 11 is 1.37. The van der Waals surface area contributed by atoms with Crippen LogP contribution in [-0.4, -0.2) is 18.1 Å². The summed E-state index contributed by atoms with van der Waals surface area (Å²) in [6.45, 7) is 8.75. The average Bonchev–Trinajstić information content (AvgIpc) is 2.57. The quantitative estimate of drug-likeness (QED) is 0.844. The van der Waals surface area contributed by atoms with Gasteiger partial charge in [0.1, 0.15) is 5.00 Å².